The Bertz CT molecular complexity index is 890. The van der Waals surface area contributed by atoms with Crippen LogP contribution in [0, 0.1) is 0 Å². The Morgan fingerprint density at radius 3 is 2.66 bits per heavy atom. The van der Waals surface area contributed by atoms with E-state index in [-0.39, 0.29) is 5.91 Å². The van der Waals surface area contributed by atoms with Gasteiger partial charge in [0, 0.05) is 26.3 Å². The van der Waals surface area contributed by atoms with Gasteiger partial charge in [-0.05, 0) is 35.6 Å². The van der Waals surface area contributed by atoms with Gasteiger partial charge in [-0.25, -0.2) is 0 Å². The van der Waals surface area contributed by atoms with Crippen LogP contribution in [0.3, 0.4) is 0 Å². The zero-order valence-corrected chi connectivity index (χ0v) is 18.0. The van der Waals surface area contributed by atoms with Crippen LogP contribution in [0.25, 0.3) is 10.8 Å². The maximum absolute atomic E-state index is 12.5. The maximum Gasteiger partial charge on any atom is 0.275 e. The van der Waals surface area contributed by atoms with Gasteiger partial charge in [0.2, 0.25) is 0 Å². The van der Waals surface area contributed by atoms with Gasteiger partial charge < -0.3 is 19.5 Å². The van der Waals surface area contributed by atoms with E-state index in [4.69, 9.17) is 4.42 Å². The number of nitrogens with zero attached hydrogens (tertiary/aromatic N) is 3. The number of amides is 1. The van der Waals surface area contributed by atoms with Gasteiger partial charge in [-0.1, -0.05) is 25.1 Å². The fraction of sp³-hybridized carbons (Fsp3) is 0.381. The molecule has 1 amide bonds. The van der Waals surface area contributed by atoms with Crippen LogP contribution in [0.15, 0.2) is 46.2 Å². The van der Waals surface area contributed by atoms with Crippen molar-refractivity contribution in [2.45, 2.75) is 26.4 Å². The highest BCUT2D eigenvalue weighted by molar-refractivity contribution is 7.13. The van der Waals surface area contributed by atoms with E-state index in [0.717, 1.165) is 34.0 Å². The second-order valence-electron chi connectivity index (χ2n) is 7.17. The van der Waals surface area contributed by atoms with Crippen molar-refractivity contribution in [2.75, 3.05) is 32.1 Å². The molecule has 3 rings (SSSR count). The summed E-state index contributed by atoms with van der Waals surface area (Å²) in [6, 6.07) is 12.1. The molecule has 1 aromatic carbocycles. The first-order chi connectivity index (χ1) is 14.0. The number of carbonyl (C=O) groups is 1. The van der Waals surface area contributed by atoms with Crippen LogP contribution in [-0.4, -0.2) is 43.3 Å². The van der Waals surface area contributed by atoms with Crippen LogP contribution in [0.5, 0.6) is 0 Å². The summed E-state index contributed by atoms with van der Waals surface area (Å²) < 4.78 is 5.78. The van der Waals surface area contributed by atoms with E-state index >= 15 is 0 Å². The molecule has 0 saturated heterocycles. The molecule has 1 unspecified atom stereocenters. The number of quaternary nitrogens is 1. The van der Waals surface area contributed by atoms with E-state index in [0.29, 0.717) is 31.4 Å². The van der Waals surface area contributed by atoms with Crippen LogP contribution in [0.2, 0.25) is 0 Å². The number of thiophene rings is 1. The standard InChI is InChI=1S/C21H27N5O2S/c1-4-11-26(15-20-23-24-21(28-20)18-6-5-12-29-18)14-19(27)22-13-16-7-9-17(10-8-16)25(2)3/h5-10,12H,4,11,13-15H2,1-3H3,(H,22,27)/p+1. The van der Waals surface area contributed by atoms with Crippen LogP contribution in [0.1, 0.15) is 24.8 Å². The molecule has 0 fully saturated rings. The van der Waals surface area contributed by atoms with Crippen molar-refractivity contribution in [3.63, 3.8) is 0 Å². The predicted molar refractivity (Wildman–Crippen MR) is 115 cm³/mol. The fourth-order valence-corrected chi connectivity index (χ4v) is 3.68. The minimum absolute atomic E-state index is 0.0168. The van der Waals surface area contributed by atoms with Crippen LogP contribution in [-0.2, 0) is 17.9 Å². The normalized spacial score (nSPS) is 12.0. The van der Waals surface area contributed by atoms with E-state index in [9.17, 15) is 4.79 Å². The largest absolute Gasteiger partial charge is 0.414 e. The summed E-state index contributed by atoms with van der Waals surface area (Å²) in [5.41, 5.74) is 2.22. The second-order valence-corrected chi connectivity index (χ2v) is 8.12. The number of hydrogen-bond donors (Lipinski definition) is 2. The van der Waals surface area contributed by atoms with Crippen molar-refractivity contribution in [3.05, 3.63) is 53.2 Å². The third kappa shape index (κ3) is 6.13. The molecule has 154 valence electrons. The first-order valence-electron chi connectivity index (χ1n) is 9.78. The van der Waals surface area contributed by atoms with Crippen LogP contribution in [0.4, 0.5) is 5.69 Å². The monoisotopic (exact) mass is 414 g/mol. The molecule has 29 heavy (non-hydrogen) atoms. The molecule has 8 heteroatoms. The number of nitrogens with one attached hydrogen (secondary N) is 2. The highest BCUT2D eigenvalue weighted by Gasteiger charge is 2.18. The van der Waals surface area contributed by atoms with E-state index < -0.39 is 0 Å². The zero-order valence-electron chi connectivity index (χ0n) is 17.1. The molecular weight excluding hydrogens is 386 g/mol. The summed E-state index contributed by atoms with van der Waals surface area (Å²) >= 11 is 1.57. The minimum atomic E-state index is 0.0168. The van der Waals surface area contributed by atoms with E-state index in [1.807, 2.05) is 43.7 Å². The molecule has 0 aliphatic heterocycles. The van der Waals surface area contributed by atoms with Crippen molar-refractivity contribution >= 4 is 22.9 Å². The number of anilines is 1. The lowest BCUT2D eigenvalue weighted by Gasteiger charge is -2.17. The smallest absolute Gasteiger partial charge is 0.275 e. The number of benzene rings is 1. The van der Waals surface area contributed by atoms with Crippen LogP contribution < -0.4 is 15.1 Å². The summed E-state index contributed by atoms with van der Waals surface area (Å²) in [5, 5.41) is 13.3. The molecule has 0 spiro atoms. The summed E-state index contributed by atoms with van der Waals surface area (Å²) in [6.45, 7) is 4.41. The van der Waals surface area contributed by atoms with Crippen molar-refractivity contribution in [1.82, 2.24) is 15.5 Å². The van der Waals surface area contributed by atoms with Gasteiger partial charge in [0.25, 0.3) is 17.7 Å². The Kier molecular flexibility index (Phi) is 7.37. The first kappa shape index (κ1) is 21.0. The summed E-state index contributed by atoms with van der Waals surface area (Å²) in [6.07, 6.45) is 0.973. The van der Waals surface area contributed by atoms with Gasteiger partial charge in [0.05, 0.1) is 11.4 Å². The third-order valence-electron chi connectivity index (χ3n) is 4.56. The summed E-state index contributed by atoms with van der Waals surface area (Å²) in [5.74, 6) is 1.11. The highest BCUT2D eigenvalue weighted by atomic mass is 32.1. The minimum Gasteiger partial charge on any atom is -0.414 e. The Balaban J connectivity index is 1.52. The molecule has 2 heterocycles. The number of aromatic nitrogens is 2. The molecular formula is C21H28N5O2S+. The quantitative estimate of drug-likeness (QED) is 0.531. The Morgan fingerprint density at radius 2 is 2.00 bits per heavy atom. The van der Waals surface area contributed by atoms with E-state index in [2.05, 4.69) is 39.5 Å². The molecule has 7 nitrogen and oxygen atoms in total. The van der Waals surface area contributed by atoms with Crippen molar-refractivity contribution in [3.8, 4) is 10.8 Å². The third-order valence-corrected chi connectivity index (χ3v) is 5.41. The molecule has 3 aromatic rings. The van der Waals surface area contributed by atoms with Gasteiger partial charge in [0.15, 0.2) is 13.1 Å². The fourth-order valence-electron chi connectivity index (χ4n) is 3.03. The molecule has 0 bridgehead atoms. The highest BCUT2D eigenvalue weighted by Crippen LogP contribution is 2.22. The van der Waals surface area contributed by atoms with Gasteiger partial charge in [-0.15, -0.1) is 21.5 Å². The van der Waals surface area contributed by atoms with Gasteiger partial charge >= 0.3 is 0 Å². The average molecular weight is 415 g/mol. The molecule has 1 atom stereocenters. The second kappa shape index (κ2) is 10.2. The lowest BCUT2D eigenvalue weighted by molar-refractivity contribution is -0.907. The lowest BCUT2D eigenvalue weighted by Crippen LogP contribution is -3.12. The number of hydrogen-bond acceptors (Lipinski definition) is 6. The molecule has 0 aliphatic rings. The topological polar surface area (TPSA) is 75.7 Å². The van der Waals surface area contributed by atoms with Crippen molar-refractivity contribution in [1.29, 1.82) is 0 Å². The lowest BCUT2D eigenvalue weighted by atomic mass is 10.2. The van der Waals surface area contributed by atoms with Crippen LogP contribution >= 0.6 is 11.3 Å². The van der Waals surface area contributed by atoms with E-state index in [1.165, 1.54) is 0 Å². The summed E-state index contributed by atoms with van der Waals surface area (Å²) in [4.78, 5) is 16.6. The molecule has 2 N–H and O–H groups in total. The first-order valence-corrected chi connectivity index (χ1v) is 10.7. The Hall–Kier alpha value is -2.71. The number of carbonyl (C=O) groups excluding carboxylic acids is 1. The number of rotatable bonds is 10. The molecule has 2 aromatic heterocycles. The van der Waals surface area contributed by atoms with Gasteiger partial charge in [-0.2, -0.15) is 0 Å². The molecule has 0 saturated carbocycles. The Labute approximate surface area is 175 Å². The van der Waals surface area contributed by atoms with Gasteiger partial charge in [-0.3, -0.25) is 4.79 Å². The predicted octanol–water partition coefficient (Wildman–Crippen LogP) is 1.98. The summed E-state index contributed by atoms with van der Waals surface area (Å²) in [7, 11) is 4.02. The molecule has 0 aliphatic carbocycles. The zero-order chi connectivity index (χ0) is 20.6. The molecule has 0 radical (unpaired) electrons. The van der Waals surface area contributed by atoms with Crippen molar-refractivity contribution in [2.24, 2.45) is 0 Å². The SMILES string of the molecule is CCC[NH+](CC(=O)NCc1ccc(N(C)C)cc1)Cc1nnc(-c2cccs2)o1. The average Bonchev–Trinajstić information content (AvgIpc) is 3.38. The Morgan fingerprint density at radius 1 is 1.21 bits per heavy atom. The van der Waals surface area contributed by atoms with Gasteiger partial charge in [0.1, 0.15) is 0 Å². The van der Waals surface area contributed by atoms with Crippen molar-refractivity contribution < 1.29 is 14.1 Å². The maximum atomic E-state index is 12.5. The van der Waals surface area contributed by atoms with E-state index in [1.54, 1.807) is 11.3 Å².